The van der Waals surface area contributed by atoms with Crippen LogP contribution in [0.25, 0.3) is 0 Å². The minimum atomic E-state index is 0.374. The molecule has 0 saturated carbocycles. The van der Waals surface area contributed by atoms with Crippen molar-refractivity contribution in [1.29, 1.82) is 0 Å². The van der Waals surface area contributed by atoms with E-state index >= 15 is 0 Å². The van der Waals surface area contributed by atoms with Crippen molar-refractivity contribution in [3.05, 3.63) is 35.9 Å². The second-order valence-corrected chi connectivity index (χ2v) is 6.58. The Bertz CT molecular complexity index is 422. The van der Waals surface area contributed by atoms with Crippen LogP contribution >= 0.6 is 0 Å². The summed E-state index contributed by atoms with van der Waals surface area (Å²) in [6, 6.07) is 12.0. The van der Waals surface area contributed by atoms with E-state index in [4.69, 9.17) is 4.74 Å². The van der Waals surface area contributed by atoms with Crippen molar-refractivity contribution in [3.63, 3.8) is 0 Å². The van der Waals surface area contributed by atoms with Crippen molar-refractivity contribution in [3.8, 4) is 0 Å². The van der Waals surface area contributed by atoms with E-state index < -0.39 is 0 Å². The van der Waals surface area contributed by atoms with E-state index in [1.165, 1.54) is 31.4 Å². The second-order valence-electron chi connectivity index (χ2n) is 6.58. The normalized spacial score (nSPS) is 27.5. The molecule has 3 nitrogen and oxygen atoms in total. The van der Waals surface area contributed by atoms with Crippen molar-refractivity contribution in [2.75, 3.05) is 26.2 Å². The van der Waals surface area contributed by atoms with Gasteiger partial charge in [-0.1, -0.05) is 30.3 Å². The van der Waals surface area contributed by atoms with E-state index in [9.17, 15) is 0 Å². The number of benzene rings is 1. The summed E-state index contributed by atoms with van der Waals surface area (Å²) < 4.78 is 6.00. The molecule has 0 aliphatic carbocycles. The molecule has 2 aliphatic heterocycles. The number of hydrogen-bond donors (Lipinski definition) is 1. The fourth-order valence-electron chi connectivity index (χ4n) is 3.47. The number of nitrogens with one attached hydrogen (secondary N) is 1. The highest BCUT2D eigenvalue weighted by atomic mass is 16.5. The van der Waals surface area contributed by atoms with Gasteiger partial charge in [0.05, 0.1) is 12.7 Å². The molecule has 21 heavy (non-hydrogen) atoms. The molecule has 2 fully saturated rings. The third-order valence-electron chi connectivity index (χ3n) is 4.86. The van der Waals surface area contributed by atoms with Crippen LogP contribution in [0, 0.1) is 0 Å². The van der Waals surface area contributed by atoms with Gasteiger partial charge in [-0.2, -0.15) is 0 Å². The zero-order valence-corrected chi connectivity index (χ0v) is 13.1. The zero-order chi connectivity index (χ0) is 14.5. The van der Waals surface area contributed by atoms with Gasteiger partial charge in [-0.15, -0.1) is 0 Å². The fourth-order valence-corrected chi connectivity index (χ4v) is 3.47. The molecule has 0 aromatic heterocycles. The summed E-state index contributed by atoms with van der Waals surface area (Å²) >= 11 is 0. The molecule has 3 rings (SSSR count). The zero-order valence-electron chi connectivity index (χ0n) is 13.1. The quantitative estimate of drug-likeness (QED) is 0.870. The van der Waals surface area contributed by atoms with Crippen molar-refractivity contribution < 1.29 is 4.74 Å². The van der Waals surface area contributed by atoms with Crippen LogP contribution < -0.4 is 5.32 Å². The van der Waals surface area contributed by atoms with Gasteiger partial charge in [0.1, 0.15) is 0 Å². The van der Waals surface area contributed by atoms with Gasteiger partial charge in [-0.3, -0.25) is 4.90 Å². The van der Waals surface area contributed by atoms with Crippen LogP contribution in [-0.2, 0) is 11.2 Å². The maximum absolute atomic E-state index is 6.00. The van der Waals surface area contributed by atoms with E-state index in [1.807, 2.05) is 0 Å². The van der Waals surface area contributed by atoms with Gasteiger partial charge in [-0.25, -0.2) is 0 Å². The lowest BCUT2D eigenvalue weighted by Crippen LogP contribution is -2.50. The molecule has 1 aromatic carbocycles. The van der Waals surface area contributed by atoms with Crippen LogP contribution in [0.4, 0.5) is 0 Å². The Morgan fingerprint density at radius 2 is 2.19 bits per heavy atom. The third kappa shape index (κ3) is 4.29. The van der Waals surface area contributed by atoms with Gasteiger partial charge >= 0.3 is 0 Å². The average Bonchev–Trinajstić information content (AvgIpc) is 2.99. The van der Waals surface area contributed by atoms with Gasteiger partial charge in [0.15, 0.2) is 0 Å². The number of aryl methyl sites for hydroxylation is 1. The Labute approximate surface area is 128 Å². The molecule has 0 amide bonds. The SMILES string of the molecule is CC(CCc1ccccc1)NCC1CN2CCCC2CO1. The molecule has 1 aromatic rings. The van der Waals surface area contributed by atoms with Crippen LogP contribution in [0.2, 0.25) is 0 Å². The number of morpholine rings is 1. The first-order valence-electron chi connectivity index (χ1n) is 8.44. The molecule has 2 aliphatic rings. The lowest BCUT2D eigenvalue weighted by atomic mass is 10.1. The summed E-state index contributed by atoms with van der Waals surface area (Å²) in [5, 5.41) is 3.65. The van der Waals surface area contributed by atoms with Crippen LogP contribution in [-0.4, -0.2) is 49.3 Å². The minimum Gasteiger partial charge on any atom is -0.374 e. The summed E-state index contributed by atoms with van der Waals surface area (Å²) in [5.74, 6) is 0. The molecule has 2 saturated heterocycles. The first-order valence-corrected chi connectivity index (χ1v) is 8.44. The summed E-state index contributed by atoms with van der Waals surface area (Å²) in [6.07, 6.45) is 5.38. The highest BCUT2D eigenvalue weighted by Crippen LogP contribution is 2.22. The Hall–Kier alpha value is -0.900. The first-order chi connectivity index (χ1) is 10.3. The average molecular weight is 288 g/mol. The lowest BCUT2D eigenvalue weighted by molar-refractivity contribution is -0.0477. The van der Waals surface area contributed by atoms with E-state index in [0.717, 1.165) is 26.1 Å². The van der Waals surface area contributed by atoms with Gasteiger partial charge in [0.25, 0.3) is 0 Å². The van der Waals surface area contributed by atoms with Gasteiger partial charge < -0.3 is 10.1 Å². The maximum Gasteiger partial charge on any atom is 0.0827 e. The largest absolute Gasteiger partial charge is 0.374 e. The predicted molar refractivity (Wildman–Crippen MR) is 86.6 cm³/mol. The van der Waals surface area contributed by atoms with E-state index in [2.05, 4.69) is 47.5 Å². The third-order valence-corrected chi connectivity index (χ3v) is 4.86. The molecular weight excluding hydrogens is 260 g/mol. The molecule has 0 bridgehead atoms. The predicted octanol–water partition coefficient (Wildman–Crippen LogP) is 2.46. The fraction of sp³-hybridized carbons (Fsp3) is 0.667. The van der Waals surface area contributed by atoms with Crippen LogP contribution in [0.5, 0.6) is 0 Å². The topological polar surface area (TPSA) is 24.5 Å². The summed E-state index contributed by atoms with van der Waals surface area (Å²) in [4.78, 5) is 2.62. The van der Waals surface area contributed by atoms with Gasteiger partial charge in [-0.05, 0) is 44.7 Å². The van der Waals surface area contributed by atoms with E-state index in [0.29, 0.717) is 18.2 Å². The summed E-state index contributed by atoms with van der Waals surface area (Å²) in [7, 11) is 0. The molecule has 3 atom stereocenters. The van der Waals surface area contributed by atoms with Crippen molar-refractivity contribution >= 4 is 0 Å². The number of hydrogen-bond acceptors (Lipinski definition) is 3. The maximum atomic E-state index is 6.00. The molecule has 2 heterocycles. The van der Waals surface area contributed by atoms with Crippen LogP contribution in [0.3, 0.4) is 0 Å². The molecule has 0 spiro atoms. The van der Waals surface area contributed by atoms with Crippen LogP contribution in [0.15, 0.2) is 30.3 Å². The molecular formula is C18H28N2O. The van der Waals surface area contributed by atoms with E-state index in [-0.39, 0.29) is 0 Å². The molecule has 3 heteroatoms. The number of nitrogens with zero attached hydrogens (tertiary/aromatic N) is 1. The van der Waals surface area contributed by atoms with Crippen molar-refractivity contribution in [2.45, 2.75) is 50.8 Å². The monoisotopic (exact) mass is 288 g/mol. The molecule has 1 N–H and O–H groups in total. The van der Waals surface area contributed by atoms with Crippen LogP contribution in [0.1, 0.15) is 31.7 Å². The van der Waals surface area contributed by atoms with E-state index in [1.54, 1.807) is 0 Å². The Balaban J connectivity index is 1.35. The van der Waals surface area contributed by atoms with Gasteiger partial charge in [0, 0.05) is 25.2 Å². The standard InChI is InChI=1S/C18H28N2O/c1-15(9-10-16-6-3-2-4-7-16)19-12-18-13-20-11-5-8-17(20)14-21-18/h2-4,6-7,15,17-19H,5,8-14H2,1H3. The Morgan fingerprint density at radius 1 is 1.33 bits per heavy atom. The smallest absolute Gasteiger partial charge is 0.0827 e. The Morgan fingerprint density at radius 3 is 3.05 bits per heavy atom. The summed E-state index contributed by atoms with van der Waals surface area (Å²) in [6.45, 7) is 6.59. The number of rotatable bonds is 6. The second kappa shape index (κ2) is 7.39. The number of ether oxygens (including phenoxy) is 1. The number of fused-ring (bicyclic) bond motifs is 1. The summed E-state index contributed by atoms with van der Waals surface area (Å²) in [5.41, 5.74) is 1.43. The molecule has 116 valence electrons. The highest BCUT2D eigenvalue weighted by Gasteiger charge is 2.31. The van der Waals surface area contributed by atoms with Crippen molar-refractivity contribution in [2.24, 2.45) is 0 Å². The lowest BCUT2D eigenvalue weighted by Gasteiger charge is -2.35. The van der Waals surface area contributed by atoms with Crippen molar-refractivity contribution in [1.82, 2.24) is 10.2 Å². The first kappa shape index (κ1) is 15.0. The highest BCUT2D eigenvalue weighted by molar-refractivity contribution is 5.14. The molecule has 0 radical (unpaired) electrons. The minimum absolute atomic E-state index is 0.374. The Kier molecular flexibility index (Phi) is 5.28. The molecule has 3 unspecified atom stereocenters. The van der Waals surface area contributed by atoms with Gasteiger partial charge in [0.2, 0.25) is 0 Å².